The molecule has 1 atom stereocenters. The van der Waals surface area contributed by atoms with Crippen molar-refractivity contribution in [3.63, 3.8) is 0 Å². The van der Waals surface area contributed by atoms with Gasteiger partial charge in [-0.15, -0.1) is 24.0 Å². The summed E-state index contributed by atoms with van der Waals surface area (Å²) in [5.41, 5.74) is 1.24. The van der Waals surface area contributed by atoms with E-state index in [1.165, 1.54) is 5.56 Å². The van der Waals surface area contributed by atoms with Crippen LogP contribution in [-0.4, -0.2) is 63.7 Å². The molecule has 1 aromatic rings. The second-order valence-electron chi connectivity index (χ2n) is 5.39. The fraction of sp³-hybridized carbons (Fsp3) is 0.588. The number of halogens is 1. The van der Waals surface area contributed by atoms with Crippen LogP contribution in [0.4, 0.5) is 0 Å². The lowest BCUT2D eigenvalue weighted by molar-refractivity contribution is 0.306. The molecule has 5 nitrogen and oxygen atoms in total. The third kappa shape index (κ3) is 8.43. The van der Waals surface area contributed by atoms with Gasteiger partial charge in [-0.3, -0.25) is 4.99 Å². The fourth-order valence-corrected chi connectivity index (χ4v) is 2.49. The molecule has 0 saturated heterocycles. The van der Waals surface area contributed by atoms with Crippen LogP contribution in [0, 0.1) is 0 Å². The van der Waals surface area contributed by atoms with Crippen LogP contribution in [0.3, 0.4) is 0 Å². The van der Waals surface area contributed by atoms with Gasteiger partial charge in [0.25, 0.3) is 0 Å². The van der Waals surface area contributed by atoms with Gasteiger partial charge in [-0.1, -0.05) is 12.1 Å². The first kappa shape index (κ1) is 23.3. The van der Waals surface area contributed by atoms with Crippen LogP contribution in [-0.2, 0) is 0 Å². The highest BCUT2D eigenvalue weighted by Crippen LogP contribution is 2.21. The zero-order valence-electron chi connectivity index (χ0n) is 15.3. The minimum atomic E-state index is 0. The second kappa shape index (κ2) is 13.6. The summed E-state index contributed by atoms with van der Waals surface area (Å²) >= 11 is 1.83. The summed E-state index contributed by atoms with van der Waals surface area (Å²) in [5.74, 6) is 2.82. The van der Waals surface area contributed by atoms with Gasteiger partial charge < -0.3 is 20.3 Å². The third-order valence-corrected chi connectivity index (χ3v) is 4.10. The number of likely N-dealkylation sites (N-methyl/N-ethyl adjacent to an activating group) is 1. The number of thioether (sulfide) groups is 1. The largest absolute Gasteiger partial charge is 0.497 e. The summed E-state index contributed by atoms with van der Waals surface area (Å²) in [6.07, 6.45) is 2.11. The van der Waals surface area contributed by atoms with Crippen molar-refractivity contribution in [1.29, 1.82) is 0 Å². The summed E-state index contributed by atoms with van der Waals surface area (Å²) in [4.78, 5) is 6.93. The molecule has 0 aromatic heterocycles. The van der Waals surface area contributed by atoms with Crippen molar-refractivity contribution in [3.05, 3.63) is 29.8 Å². The Hall–Kier alpha value is -0.670. The Morgan fingerprint density at radius 1 is 1.25 bits per heavy atom. The smallest absolute Gasteiger partial charge is 0.191 e. The maximum Gasteiger partial charge on any atom is 0.191 e. The van der Waals surface area contributed by atoms with Crippen LogP contribution < -0.4 is 15.4 Å². The molecule has 0 fully saturated rings. The van der Waals surface area contributed by atoms with Crippen molar-refractivity contribution in [2.75, 3.05) is 52.8 Å². The normalized spacial score (nSPS) is 12.5. The molecular formula is C17H31IN4OS. The lowest BCUT2D eigenvalue weighted by atomic mass is 10.1. The predicted molar refractivity (Wildman–Crippen MR) is 117 cm³/mol. The molecule has 0 heterocycles. The van der Waals surface area contributed by atoms with E-state index in [4.69, 9.17) is 9.73 Å². The first-order valence-electron chi connectivity index (χ1n) is 7.93. The van der Waals surface area contributed by atoms with Gasteiger partial charge in [-0.25, -0.2) is 0 Å². The van der Waals surface area contributed by atoms with Crippen molar-refractivity contribution in [2.24, 2.45) is 4.99 Å². The summed E-state index contributed by atoms with van der Waals surface area (Å²) in [5, 5.41) is 6.66. The average Bonchev–Trinajstić information content (AvgIpc) is 2.55. The summed E-state index contributed by atoms with van der Waals surface area (Å²) < 4.78 is 5.23. The van der Waals surface area contributed by atoms with Gasteiger partial charge in [0.05, 0.1) is 19.7 Å². The van der Waals surface area contributed by atoms with Gasteiger partial charge in [0.2, 0.25) is 0 Å². The zero-order valence-corrected chi connectivity index (χ0v) is 18.5. The molecule has 1 aromatic carbocycles. The molecule has 0 saturated carbocycles. The number of nitrogens with zero attached hydrogens (tertiary/aromatic N) is 2. The summed E-state index contributed by atoms with van der Waals surface area (Å²) in [6.45, 7) is 4.56. The quantitative estimate of drug-likeness (QED) is 0.254. The van der Waals surface area contributed by atoms with Crippen LogP contribution in [0.2, 0.25) is 0 Å². The lowest BCUT2D eigenvalue weighted by Crippen LogP contribution is -2.39. The Labute approximate surface area is 168 Å². The summed E-state index contributed by atoms with van der Waals surface area (Å²) in [7, 11) is 5.85. The molecule has 0 aliphatic heterocycles. The second-order valence-corrected chi connectivity index (χ2v) is 6.38. The predicted octanol–water partition coefficient (Wildman–Crippen LogP) is 2.83. The number of nitrogens with one attached hydrogen (secondary N) is 2. The molecule has 0 spiro atoms. The van der Waals surface area contributed by atoms with Gasteiger partial charge in [-0.05, 0) is 45.0 Å². The minimum Gasteiger partial charge on any atom is -0.497 e. The SMILES string of the molecule is CCNC(=NCC(c1ccc(OC)cc1)N(C)C)NCCSC.I. The molecule has 2 N–H and O–H groups in total. The fourth-order valence-electron chi connectivity index (χ4n) is 2.18. The van der Waals surface area contributed by atoms with Crippen molar-refractivity contribution in [2.45, 2.75) is 13.0 Å². The van der Waals surface area contributed by atoms with Crippen LogP contribution in [0.1, 0.15) is 18.5 Å². The average molecular weight is 466 g/mol. The molecule has 1 unspecified atom stereocenters. The minimum absolute atomic E-state index is 0. The molecule has 0 bridgehead atoms. The molecule has 138 valence electrons. The number of hydrogen-bond acceptors (Lipinski definition) is 4. The Bertz CT molecular complexity index is 468. The highest BCUT2D eigenvalue weighted by Gasteiger charge is 2.14. The highest BCUT2D eigenvalue weighted by atomic mass is 127. The van der Waals surface area contributed by atoms with Crippen LogP contribution in [0.15, 0.2) is 29.3 Å². The lowest BCUT2D eigenvalue weighted by Gasteiger charge is -2.24. The van der Waals surface area contributed by atoms with E-state index in [1.807, 2.05) is 23.9 Å². The van der Waals surface area contributed by atoms with Crippen LogP contribution in [0.5, 0.6) is 5.75 Å². The molecular weight excluding hydrogens is 435 g/mol. The Balaban J connectivity index is 0.00000529. The molecule has 0 radical (unpaired) electrons. The first-order valence-corrected chi connectivity index (χ1v) is 9.33. The van der Waals surface area contributed by atoms with E-state index < -0.39 is 0 Å². The monoisotopic (exact) mass is 466 g/mol. The van der Waals surface area contributed by atoms with E-state index in [1.54, 1.807) is 7.11 Å². The Kier molecular flexibility index (Phi) is 13.2. The van der Waals surface area contributed by atoms with Crippen molar-refractivity contribution in [1.82, 2.24) is 15.5 Å². The standard InChI is InChI=1S/C17H30N4OS.HI/c1-6-18-17(19-11-12-23-5)20-13-16(21(2)3)14-7-9-15(22-4)10-8-14;/h7-10,16H,6,11-13H2,1-5H3,(H2,18,19,20);1H. The maximum absolute atomic E-state index is 5.23. The number of rotatable bonds is 9. The zero-order chi connectivity index (χ0) is 17.1. The van der Waals surface area contributed by atoms with Crippen molar-refractivity contribution < 1.29 is 4.74 Å². The number of ether oxygens (including phenoxy) is 1. The van der Waals surface area contributed by atoms with E-state index >= 15 is 0 Å². The van der Waals surface area contributed by atoms with Gasteiger partial charge in [-0.2, -0.15) is 11.8 Å². The maximum atomic E-state index is 5.23. The number of benzene rings is 1. The first-order chi connectivity index (χ1) is 11.1. The van der Waals surface area contributed by atoms with E-state index in [-0.39, 0.29) is 30.0 Å². The van der Waals surface area contributed by atoms with E-state index in [9.17, 15) is 0 Å². The highest BCUT2D eigenvalue weighted by molar-refractivity contribution is 14.0. The third-order valence-electron chi connectivity index (χ3n) is 3.49. The Morgan fingerprint density at radius 2 is 1.92 bits per heavy atom. The number of methoxy groups -OCH3 is 1. The molecule has 1 rings (SSSR count). The van der Waals surface area contributed by atoms with E-state index in [0.29, 0.717) is 6.54 Å². The molecule has 0 aliphatic carbocycles. The molecule has 7 heteroatoms. The van der Waals surface area contributed by atoms with E-state index in [0.717, 1.165) is 30.6 Å². The van der Waals surface area contributed by atoms with Gasteiger partial charge in [0.1, 0.15) is 5.75 Å². The van der Waals surface area contributed by atoms with Crippen LogP contribution in [0.25, 0.3) is 0 Å². The van der Waals surface area contributed by atoms with E-state index in [2.05, 4.69) is 54.9 Å². The van der Waals surface area contributed by atoms with Gasteiger partial charge in [0, 0.05) is 18.8 Å². The van der Waals surface area contributed by atoms with Gasteiger partial charge >= 0.3 is 0 Å². The number of hydrogen-bond donors (Lipinski definition) is 2. The van der Waals surface area contributed by atoms with Crippen molar-refractivity contribution in [3.8, 4) is 5.75 Å². The van der Waals surface area contributed by atoms with Crippen molar-refractivity contribution >= 4 is 41.7 Å². The van der Waals surface area contributed by atoms with Gasteiger partial charge in [0.15, 0.2) is 5.96 Å². The molecule has 0 aliphatic rings. The number of aliphatic imine (C=N–C) groups is 1. The molecule has 24 heavy (non-hydrogen) atoms. The topological polar surface area (TPSA) is 48.9 Å². The number of guanidine groups is 1. The summed E-state index contributed by atoms with van der Waals surface area (Å²) in [6, 6.07) is 8.44. The molecule has 0 amide bonds. The Morgan fingerprint density at radius 3 is 2.42 bits per heavy atom. The van der Waals surface area contributed by atoms with Crippen LogP contribution >= 0.6 is 35.7 Å².